The Kier molecular flexibility index (Phi) is 4.73. The van der Waals surface area contributed by atoms with E-state index in [0.29, 0.717) is 35.7 Å². The third-order valence-electron chi connectivity index (χ3n) is 4.16. The topological polar surface area (TPSA) is 108 Å². The number of aromatic hydroxyl groups is 1. The van der Waals surface area contributed by atoms with Crippen molar-refractivity contribution in [1.29, 1.82) is 0 Å². The molecule has 7 nitrogen and oxygen atoms in total. The van der Waals surface area contributed by atoms with Crippen LogP contribution in [0.1, 0.15) is 18.4 Å². The van der Waals surface area contributed by atoms with Gasteiger partial charge in [-0.1, -0.05) is 0 Å². The summed E-state index contributed by atoms with van der Waals surface area (Å²) in [6.45, 7) is 2.89. The van der Waals surface area contributed by atoms with Crippen LogP contribution in [-0.2, 0) is 10.0 Å². The molecular formula is C17H20N4O3S. The predicted molar refractivity (Wildman–Crippen MR) is 95.9 cm³/mol. The van der Waals surface area contributed by atoms with E-state index < -0.39 is 10.0 Å². The molecule has 0 spiro atoms. The van der Waals surface area contributed by atoms with Crippen molar-refractivity contribution in [2.75, 3.05) is 18.8 Å². The molecule has 0 radical (unpaired) electrons. The molecule has 1 aliphatic rings. The molecule has 0 amide bonds. The van der Waals surface area contributed by atoms with Gasteiger partial charge in [0.1, 0.15) is 11.4 Å². The summed E-state index contributed by atoms with van der Waals surface area (Å²) in [5.41, 5.74) is 7.74. The fraction of sp³-hybridized carbons (Fsp3) is 0.294. The van der Waals surface area contributed by atoms with Gasteiger partial charge in [-0.25, -0.2) is 8.42 Å². The number of rotatable bonds is 4. The Morgan fingerprint density at radius 1 is 1.08 bits per heavy atom. The van der Waals surface area contributed by atoms with Crippen LogP contribution in [0.3, 0.4) is 0 Å². The molecule has 8 heteroatoms. The zero-order chi connectivity index (χ0) is 18.0. The Bertz CT molecular complexity index is 902. The summed E-state index contributed by atoms with van der Waals surface area (Å²) in [5, 5.41) is 17.8. The number of phenolic OH excluding ortho intramolecular Hbond substituents is 1. The average Bonchev–Trinajstić information content (AvgIpc) is 3.13. The van der Waals surface area contributed by atoms with Crippen LogP contribution in [0.15, 0.2) is 51.5 Å². The zero-order valence-corrected chi connectivity index (χ0v) is 14.7. The van der Waals surface area contributed by atoms with Gasteiger partial charge in [-0.15, -0.1) is 5.11 Å². The third-order valence-corrected chi connectivity index (χ3v) is 6.07. The van der Waals surface area contributed by atoms with Crippen LogP contribution in [0.2, 0.25) is 0 Å². The SMILES string of the molecule is Cc1cc(N=Nc2ccc(S(=O)(=O)N3CCCC3)cc2)c(N)cc1O. The molecule has 0 atom stereocenters. The number of phenols is 1. The van der Waals surface area contributed by atoms with Crippen molar-refractivity contribution < 1.29 is 13.5 Å². The first-order valence-electron chi connectivity index (χ1n) is 7.99. The van der Waals surface area contributed by atoms with E-state index in [1.165, 1.54) is 22.5 Å². The number of aryl methyl sites for hydroxylation is 1. The van der Waals surface area contributed by atoms with Crippen LogP contribution >= 0.6 is 0 Å². The number of nitrogens with two attached hydrogens (primary N) is 1. The summed E-state index contributed by atoms with van der Waals surface area (Å²) >= 11 is 0. The second kappa shape index (κ2) is 6.81. The first kappa shape index (κ1) is 17.4. The first-order valence-corrected chi connectivity index (χ1v) is 9.43. The predicted octanol–water partition coefficient (Wildman–Crippen LogP) is 3.48. The van der Waals surface area contributed by atoms with Crippen LogP contribution < -0.4 is 5.73 Å². The molecule has 1 aliphatic heterocycles. The lowest BCUT2D eigenvalue weighted by molar-refractivity contribution is 0.471. The lowest BCUT2D eigenvalue weighted by Gasteiger charge is -2.15. The van der Waals surface area contributed by atoms with Gasteiger partial charge in [-0.05, 0) is 55.7 Å². The lowest BCUT2D eigenvalue weighted by Crippen LogP contribution is -2.27. The highest BCUT2D eigenvalue weighted by molar-refractivity contribution is 7.89. The van der Waals surface area contributed by atoms with Gasteiger partial charge in [0.15, 0.2) is 0 Å². The van der Waals surface area contributed by atoms with E-state index in [0.717, 1.165) is 12.8 Å². The summed E-state index contributed by atoms with van der Waals surface area (Å²) in [4.78, 5) is 0.258. The van der Waals surface area contributed by atoms with Gasteiger partial charge < -0.3 is 10.8 Å². The van der Waals surface area contributed by atoms with Crippen molar-refractivity contribution in [3.05, 3.63) is 42.0 Å². The standard InChI is InChI=1S/C17H20N4O3S/c1-12-10-16(15(18)11-17(12)22)20-19-13-4-6-14(7-5-13)25(23,24)21-8-2-3-9-21/h4-7,10-11,22H,2-3,8-9,18H2,1H3. The molecule has 3 rings (SSSR count). The van der Waals surface area contributed by atoms with Gasteiger partial charge in [-0.3, -0.25) is 0 Å². The van der Waals surface area contributed by atoms with Gasteiger partial charge in [0.25, 0.3) is 0 Å². The minimum absolute atomic E-state index is 0.105. The number of hydrogen-bond donors (Lipinski definition) is 2. The number of sulfonamides is 1. The lowest BCUT2D eigenvalue weighted by atomic mass is 10.2. The molecule has 0 saturated carbocycles. The number of anilines is 1. The Labute approximate surface area is 146 Å². The van der Waals surface area contributed by atoms with E-state index >= 15 is 0 Å². The van der Waals surface area contributed by atoms with Crippen molar-refractivity contribution in [3.8, 4) is 5.75 Å². The zero-order valence-electron chi connectivity index (χ0n) is 13.9. The van der Waals surface area contributed by atoms with E-state index in [4.69, 9.17) is 5.73 Å². The monoisotopic (exact) mass is 360 g/mol. The number of azo groups is 1. The van der Waals surface area contributed by atoms with Gasteiger partial charge in [0.2, 0.25) is 10.0 Å². The molecule has 1 saturated heterocycles. The Hall–Kier alpha value is -2.45. The van der Waals surface area contributed by atoms with Crippen LogP contribution in [0, 0.1) is 6.92 Å². The number of benzene rings is 2. The molecule has 132 valence electrons. The maximum atomic E-state index is 12.5. The Morgan fingerprint density at radius 2 is 1.72 bits per heavy atom. The molecule has 0 aromatic heterocycles. The molecule has 3 N–H and O–H groups in total. The van der Waals surface area contributed by atoms with Crippen LogP contribution in [0.25, 0.3) is 0 Å². The minimum Gasteiger partial charge on any atom is -0.508 e. The molecule has 2 aromatic carbocycles. The van der Waals surface area contributed by atoms with Gasteiger partial charge in [-0.2, -0.15) is 9.42 Å². The molecular weight excluding hydrogens is 340 g/mol. The number of nitrogen functional groups attached to an aromatic ring is 1. The molecule has 1 fully saturated rings. The molecule has 25 heavy (non-hydrogen) atoms. The van der Waals surface area contributed by atoms with Crippen molar-refractivity contribution in [1.82, 2.24) is 4.31 Å². The molecule has 1 heterocycles. The fourth-order valence-electron chi connectivity index (χ4n) is 2.66. The Balaban J connectivity index is 1.80. The first-order chi connectivity index (χ1) is 11.9. The highest BCUT2D eigenvalue weighted by atomic mass is 32.2. The van der Waals surface area contributed by atoms with Crippen molar-refractivity contribution in [2.45, 2.75) is 24.7 Å². The average molecular weight is 360 g/mol. The summed E-state index contributed by atoms with van der Waals surface area (Å²) < 4.78 is 26.4. The highest BCUT2D eigenvalue weighted by Crippen LogP contribution is 2.31. The number of nitrogens with zero attached hydrogens (tertiary/aromatic N) is 3. The van der Waals surface area contributed by atoms with E-state index in [-0.39, 0.29) is 10.6 Å². The summed E-state index contributed by atoms with van der Waals surface area (Å²) in [6.07, 6.45) is 1.80. The fourth-order valence-corrected chi connectivity index (χ4v) is 4.18. The van der Waals surface area contributed by atoms with E-state index in [1.807, 2.05) is 0 Å². The summed E-state index contributed by atoms with van der Waals surface area (Å²) in [7, 11) is -3.43. The van der Waals surface area contributed by atoms with E-state index in [2.05, 4.69) is 10.2 Å². The minimum atomic E-state index is -3.43. The number of hydrogen-bond acceptors (Lipinski definition) is 6. The second-order valence-corrected chi connectivity index (χ2v) is 7.94. The molecule has 2 aromatic rings. The van der Waals surface area contributed by atoms with E-state index in [1.54, 1.807) is 25.1 Å². The molecule has 0 unspecified atom stereocenters. The summed E-state index contributed by atoms with van der Waals surface area (Å²) in [6, 6.07) is 9.35. The maximum Gasteiger partial charge on any atom is 0.243 e. The quantitative estimate of drug-likeness (QED) is 0.642. The van der Waals surface area contributed by atoms with Crippen LogP contribution in [-0.4, -0.2) is 30.9 Å². The van der Waals surface area contributed by atoms with Gasteiger partial charge in [0.05, 0.1) is 16.3 Å². The van der Waals surface area contributed by atoms with Gasteiger partial charge >= 0.3 is 0 Å². The smallest absolute Gasteiger partial charge is 0.243 e. The van der Waals surface area contributed by atoms with Crippen molar-refractivity contribution in [2.24, 2.45) is 10.2 Å². The van der Waals surface area contributed by atoms with Gasteiger partial charge in [0, 0.05) is 19.2 Å². The molecule has 0 bridgehead atoms. The van der Waals surface area contributed by atoms with E-state index in [9.17, 15) is 13.5 Å². The highest BCUT2D eigenvalue weighted by Gasteiger charge is 2.26. The van der Waals surface area contributed by atoms with Crippen molar-refractivity contribution in [3.63, 3.8) is 0 Å². The normalized spacial score (nSPS) is 15.9. The van der Waals surface area contributed by atoms with Crippen LogP contribution in [0.4, 0.5) is 17.1 Å². The summed E-state index contributed by atoms with van der Waals surface area (Å²) in [5.74, 6) is 0.105. The second-order valence-electron chi connectivity index (χ2n) is 6.00. The van der Waals surface area contributed by atoms with Crippen molar-refractivity contribution >= 4 is 27.1 Å². The Morgan fingerprint density at radius 3 is 2.36 bits per heavy atom. The largest absolute Gasteiger partial charge is 0.508 e. The molecule has 0 aliphatic carbocycles. The van der Waals surface area contributed by atoms with Crippen LogP contribution in [0.5, 0.6) is 5.75 Å². The third kappa shape index (κ3) is 3.64. The maximum absolute atomic E-state index is 12.5.